The molecule has 0 saturated carbocycles. The Morgan fingerprint density at radius 2 is 2.07 bits per heavy atom. The molecule has 3 nitrogen and oxygen atoms in total. The summed E-state index contributed by atoms with van der Waals surface area (Å²) in [5.74, 6) is 0.752. The third kappa shape index (κ3) is 8.04. The normalized spacial score (nSPS) is 20.7. The Morgan fingerprint density at radius 1 is 1.30 bits per heavy atom. The second-order valence-electron chi connectivity index (χ2n) is 8.57. The predicted octanol–water partition coefficient (Wildman–Crippen LogP) is 5.25. The van der Waals surface area contributed by atoms with E-state index in [9.17, 15) is 4.79 Å². The van der Waals surface area contributed by atoms with Crippen LogP contribution in [0.25, 0.3) is 0 Å². The highest BCUT2D eigenvalue weighted by molar-refractivity contribution is 5.54. The molecule has 2 aliphatic heterocycles. The van der Waals surface area contributed by atoms with Gasteiger partial charge >= 0.3 is 0 Å². The summed E-state index contributed by atoms with van der Waals surface area (Å²) in [6.07, 6.45) is 16.6. The number of nitrogens with one attached hydrogen (secondary N) is 1. The van der Waals surface area contributed by atoms with Gasteiger partial charge in [-0.15, -0.1) is 6.58 Å². The van der Waals surface area contributed by atoms with Crippen LogP contribution in [0.5, 0.6) is 0 Å². The number of nitrogens with zero attached hydrogens (tertiary/aromatic N) is 1. The smallest absolute Gasteiger partial charge is 0.123 e. The van der Waals surface area contributed by atoms with E-state index in [2.05, 4.69) is 35.9 Å². The third-order valence-corrected chi connectivity index (χ3v) is 6.16. The Labute approximate surface area is 167 Å². The van der Waals surface area contributed by atoms with Crippen LogP contribution in [0.1, 0.15) is 71.6 Å². The molecule has 1 saturated heterocycles. The van der Waals surface area contributed by atoms with Crippen molar-refractivity contribution in [1.82, 2.24) is 10.2 Å². The number of aldehydes is 1. The van der Waals surface area contributed by atoms with Crippen LogP contribution < -0.4 is 5.32 Å². The molecule has 0 aliphatic carbocycles. The van der Waals surface area contributed by atoms with Crippen molar-refractivity contribution in [2.24, 2.45) is 11.8 Å². The van der Waals surface area contributed by atoms with Crippen molar-refractivity contribution in [3.8, 4) is 0 Å². The summed E-state index contributed by atoms with van der Waals surface area (Å²) in [5.41, 5.74) is 3.99. The van der Waals surface area contributed by atoms with Gasteiger partial charge in [0.15, 0.2) is 0 Å². The van der Waals surface area contributed by atoms with Gasteiger partial charge in [-0.2, -0.15) is 0 Å². The topological polar surface area (TPSA) is 32.3 Å². The van der Waals surface area contributed by atoms with Gasteiger partial charge in [-0.25, -0.2) is 0 Å². The first-order chi connectivity index (χ1) is 13.1. The fraction of sp³-hybridized carbons (Fsp3) is 0.708. The van der Waals surface area contributed by atoms with Crippen LogP contribution in [0, 0.1) is 11.8 Å². The standard InChI is InChI=1S/C24H40N2O/c1-20(2)18-24(19-27)23-12-16-26(17-13-23)15-8-6-4-5-7-10-22-11-9-14-25-21(22)3/h7,10,19,23-25H,1,4-6,8-9,11-18H2,2-3H3/b10-7-. The Balaban J connectivity index is 1.54. The molecule has 3 heteroatoms. The predicted molar refractivity (Wildman–Crippen MR) is 116 cm³/mol. The van der Waals surface area contributed by atoms with Crippen LogP contribution in [0.3, 0.4) is 0 Å². The minimum Gasteiger partial charge on any atom is -0.388 e. The lowest BCUT2D eigenvalue weighted by Crippen LogP contribution is -2.37. The van der Waals surface area contributed by atoms with Gasteiger partial charge < -0.3 is 15.0 Å². The quantitative estimate of drug-likeness (QED) is 0.305. The van der Waals surface area contributed by atoms with E-state index in [4.69, 9.17) is 0 Å². The highest BCUT2D eigenvalue weighted by atomic mass is 16.1. The maximum absolute atomic E-state index is 11.4. The van der Waals surface area contributed by atoms with Crippen LogP contribution in [0.2, 0.25) is 0 Å². The zero-order valence-electron chi connectivity index (χ0n) is 17.6. The van der Waals surface area contributed by atoms with E-state index in [-0.39, 0.29) is 5.92 Å². The van der Waals surface area contributed by atoms with Crippen molar-refractivity contribution in [3.63, 3.8) is 0 Å². The summed E-state index contributed by atoms with van der Waals surface area (Å²) < 4.78 is 0. The summed E-state index contributed by atoms with van der Waals surface area (Å²) in [5, 5.41) is 3.45. The van der Waals surface area contributed by atoms with E-state index in [0.29, 0.717) is 5.92 Å². The largest absolute Gasteiger partial charge is 0.388 e. The first-order valence-corrected chi connectivity index (χ1v) is 11.0. The van der Waals surface area contributed by atoms with Crippen molar-refractivity contribution in [3.05, 3.63) is 35.6 Å². The maximum Gasteiger partial charge on any atom is 0.123 e. The van der Waals surface area contributed by atoms with Gasteiger partial charge in [0.2, 0.25) is 0 Å². The highest BCUT2D eigenvalue weighted by Gasteiger charge is 2.25. The first kappa shape index (κ1) is 21.9. The SMILES string of the molecule is C=C(C)CC(C=O)C1CCN(CCCCC/C=C\C2=C(C)NCCC2)CC1. The average molecular weight is 373 g/mol. The zero-order chi connectivity index (χ0) is 19.5. The monoisotopic (exact) mass is 372 g/mol. The Hall–Kier alpha value is -1.35. The summed E-state index contributed by atoms with van der Waals surface area (Å²) in [7, 11) is 0. The molecule has 0 bridgehead atoms. The molecule has 1 unspecified atom stereocenters. The first-order valence-electron chi connectivity index (χ1n) is 11.0. The lowest BCUT2D eigenvalue weighted by Gasteiger charge is -2.34. The molecule has 1 fully saturated rings. The Bertz CT molecular complexity index is 526. The van der Waals surface area contributed by atoms with Crippen molar-refractivity contribution in [2.45, 2.75) is 71.6 Å². The number of rotatable bonds is 11. The molecule has 0 spiro atoms. The van der Waals surface area contributed by atoms with Gasteiger partial charge in [0.05, 0.1) is 0 Å². The number of hydrogen-bond acceptors (Lipinski definition) is 3. The second kappa shape index (κ2) is 12.2. The van der Waals surface area contributed by atoms with Crippen molar-refractivity contribution in [2.75, 3.05) is 26.2 Å². The lowest BCUT2D eigenvalue weighted by atomic mass is 9.82. The number of carbonyl (C=O) groups excluding carboxylic acids is 1. The number of piperidine rings is 1. The van der Waals surface area contributed by atoms with Crippen molar-refractivity contribution >= 4 is 6.29 Å². The highest BCUT2D eigenvalue weighted by Crippen LogP contribution is 2.28. The van der Waals surface area contributed by atoms with Gasteiger partial charge in [-0.1, -0.05) is 24.1 Å². The summed E-state index contributed by atoms with van der Waals surface area (Å²) in [4.78, 5) is 14.0. The lowest BCUT2D eigenvalue weighted by molar-refractivity contribution is -0.113. The molecule has 1 atom stereocenters. The van der Waals surface area contributed by atoms with Gasteiger partial charge in [0.1, 0.15) is 6.29 Å². The molecule has 152 valence electrons. The number of hydrogen-bond donors (Lipinski definition) is 1. The van der Waals surface area contributed by atoms with Crippen molar-refractivity contribution < 1.29 is 4.79 Å². The molecular weight excluding hydrogens is 332 g/mol. The van der Waals surface area contributed by atoms with Crippen LogP contribution in [-0.4, -0.2) is 37.4 Å². The minimum absolute atomic E-state index is 0.189. The molecule has 2 aliphatic rings. The molecule has 2 rings (SSSR count). The van der Waals surface area contributed by atoms with E-state index < -0.39 is 0 Å². The van der Waals surface area contributed by atoms with Gasteiger partial charge in [-0.3, -0.25) is 0 Å². The zero-order valence-corrected chi connectivity index (χ0v) is 17.6. The second-order valence-corrected chi connectivity index (χ2v) is 8.57. The van der Waals surface area contributed by atoms with E-state index in [1.165, 1.54) is 75.5 Å². The average Bonchev–Trinajstić information content (AvgIpc) is 2.67. The van der Waals surface area contributed by atoms with E-state index >= 15 is 0 Å². The Morgan fingerprint density at radius 3 is 2.74 bits per heavy atom. The fourth-order valence-corrected chi connectivity index (χ4v) is 4.40. The number of unbranched alkanes of at least 4 members (excludes halogenated alkanes) is 3. The summed E-state index contributed by atoms with van der Waals surface area (Å²) in [6.45, 7) is 12.9. The van der Waals surface area contributed by atoms with Crippen LogP contribution in [0.15, 0.2) is 35.6 Å². The van der Waals surface area contributed by atoms with Gasteiger partial charge in [0.25, 0.3) is 0 Å². The Kier molecular flexibility index (Phi) is 9.90. The number of allylic oxidation sites excluding steroid dienone is 5. The summed E-state index contributed by atoms with van der Waals surface area (Å²) >= 11 is 0. The fourth-order valence-electron chi connectivity index (χ4n) is 4.40. The molecule has 27 heavy (non-hydrogen) atoms. The van der Waals surface area contributed by atoms with Crippen LogP contribution in [-0.2, 0) is 4.79 Å². The van der Waals surface area contributed by atoms with E-state index in [1.54, 1.807) is 0 Å². The molecule has 2 heterocycles. The molecule has 0 amide bonds. The van der Waals surface area contributed by atoms with Gasteiger partial charge in [-0.05, 0) is 96.3 Å². The molecule has 0 aromatic carbocycles. The number of likely N-dealkylation sites (tertiary alicyclic amines) is 1. The third-order valence-electron chi connectivity index (χ3n) is 6.16. The van der Waals surface area contributed by atoms with E-state index in [1.807, 2.05) is 6.92 Å². The summed E-state index contributed by atoms with van der Waals surface area (Å²) in [6, 6.07) is 0. The molecule has 0 radical (unpaired) electrons. The molecule has 0 aromatic rings. The maximum atomic E-state index is 11.4. The molecule has 0 aromatic heterocycles. The molecular formula is C24H40N2O. The van der Waals surface area contributed by atoms with Crippen molar-refractivity contribution in [1.29, 1.82) is 0 Å². The minimum atomic E-state index is 0.189. The molecule has 1 N–H and O–H groups in total. The van der Waals surface area contributed by atoms with Crippen LogP contribution in [0.4, 0.5) is 0 Å². The van der Waals surface area contributed by atoms with E-state index in [0.717, 1.165) is 31.6 Å². The van der Waals surface area contributed by atoms with Crippen LogP contribution >= 0.6 is 0 Å². The van der Waals surface area contributed by atoms with Gasteiger partial charge in [0, 0.05) is 18.2 Å². The number of carbonyl (C=O) groups is 1.